The zero-order chi connectivity index (χ0) is 17.3. The molecule has 1 N–H and O–H groups in total. The van der Waals surface area contributed by atoms with Crippen molar-refractivity contribution in [3.8, 4) is 0 Å². The Bertz CT molecular complexity index is 707. The number of imidazole rings is 1. The number of hydrogen-bond acceptors (Lipinski definition) is 3. The lowest BCUT2D eigenvalue weighted by Crippen LogP contribution is -2.36. The van der Waals surface area contributed by atoms with E-state index in [4.69, 9.17) is 0 Å². The minimum Gasteiger partial charge on any atom is -0.345 e. The van der Waals surface area contributed by atoms with Crippen LogP contribution in [0.15, 0.2) is 18.5 Å². The molecule has 9 heteroatoms. The summed E-state index contributed by atoms with van der Waals surface area (Å²) in [5.41, 5.74) is -0.107. The molecule has 0 radical (unpaired) electrons. The number of hydrogen-bond donors (Lipinski definition) is 1. The van der Waals surface area contributed by atoms with Crippen molar-refractivity contribution < 1.29 is 18.0 Å². The highest BCUT2D eigenvalue weighted by Gasteiger charge is 2.35. The zero-order valence-electron chi connectivity index (χ0n) is 13.2. The second-order valence-corrected chi connectivity index (χ2v) is 6.13. The van der Waals surface area contributed by atoms with Gasteiger partial charge in [-0.1, -0.05) is 0 Å². The smallest absolute Gasteiger partial charge is 0.345 e. The van der Waals surface area contributed by atoms with Gasteiger partial charge in [0.15, 0.2) is 5.69 Å². The minimum atomic E-state index is -4.42. The Morgan fingerprint density at radius 1 is 1.50 bits per heavy atom. The zero-order valence-corrected chi connectivity index (χ0v) is 13.2. The largest absolute Gasteiger partial charge is 0.434 e. The summed E-state index contributed by atoms with van der Waals surface area (Å²) < 4.78 is 39.8. The maximum atomic E-state index is 12.7. The fourth-order valence-electron chi connectivity index (χ4n) is 2.97. The first-order valence-electron chi connectivity index (χ1n) is 7.68. The summed E-state index contributed by atoms with van der Waals surface area (Å²) in [5, 5.41) is 6.54. The Morgan fingerprint density at radius 3 is 2.96 bits per heavy atom. The van der Waals surface area contributed by atoms with Crippen molar-refractivity contribution in [3.63, 3.8) is 0 Å². The standard InChI is InChI=1S/C15H18F3N5O/c1-22(14(24)6-11-4-5-19-21-11)7-10-2-3-13-20-12(15(16,17)18)9-23(13)8-10/h4-5,9-10H,2-3,6-8H2,1H3,(H,19,21). The SMILES string of the molecule is CN(CC1CCc2nc(C(F)(F)F)cn2C1)C(=O)Cc1ccn[nH]1. The van der Waals surface area contributed by atoms with E-state index in [1.165, 1.54) is 0 Å². The molecule has 130 valence electrons. The van der Waals surface area contributed by atoms with Gasteiger partial charge in [-0.2, -0.15) is 18.3 Å². The third kappa shape index (κ3) is 3.60. The molecular formula is C15H18F3N5O. The summed E-state index contributed by atoms with van der Waals surface area (Å²) in [6.45, 7) is 0.950. The first-order chi connectivity index (χ1) is 11.3. The fourth-order valence-corrected chi connectivity index (χ4v) is 2.97. The number of likely N-dealkylation sites (N-methyl/N-ethyl adjacent to an activating group) is 1. The van der Waals surface area contributed by atoms with Gasteiger partial charge in [-0.25, -0.2) is 4.98 Å². The molecule has 3 heterocycles. The van der Waals surface area contributed by atoms with Crippen LogP contribution in [0.5, 0.6) is 0 Å². The van der Waals surface area contributed by atoms with Gasteiger partial charge in [0.25, 0.3) is 0 Å². The summed E-state index contributed by atoms with van der Waals surface area (Å²) in [6, 6.07) is 1.74. The summed E-state index contributed by atoms with van der Waals surface area (Å²) in [4.78, 5) is 17.5. The van der Waals surface area contributed by atoms with Gasteiger partial charge in [0, 0.05) is 44.6 Å². The third-order valence-corrected chi connectivity index (χ3v) is 4.24. The van der Waals surface area contributed by atoms with E-state index in [1.807, 2.05) is 0 Å². The molecule has 0 aromatic carbocycles. The van der Waals surface area contributed by atoms with E-state index in [2.05, 4.69) is 15.2 Å². The monoisotopic (exact) mass is 341 g/mol. The number of aryl methyl sites for hydroxylation is 1. The summed E-state index contributed by atoms with van der Waals surface area (Å²) in [5.74, 6) is 0.528. The summed E-state index contributed by atoms with van der Waals surface area (Å²) >= 11 is 0. The Kier molecular flexibility index (Phi) is 4.33. The van der Waals surface area contributed by atoms with Crippen LogP contribution in [-0.4, -0.2) is 44.1 Å². The number of aromatic nitrogens is 4. The molecule has 3 rings (SSSR count). The van der Waals surface area contributed by atoms with Crippen molar-refractivity contribution in [3.05, 3.63) is 35.7 Å². The van der Waals surface area contributed by atoms with Crippen molar-refractivity contribution in [1.82, 2.24) is 24.6 Å². The lowest BCUT2D eigenvalue weighted by atomic mass is 9.99. The molecule has 1 unspecified atom stereocenters. The van der Waals surface area contributed by atoms with Gasteiger partial charge in [-0.15, -0.1) is 0 Å². The number of aromatic amines is 1. The van der Waals surface area contributed by atoms with E-state index in [-0.39, 0.29) is 18.2 Å². The van der Waals surface area contributed by atoms with Crippen molar-refractivity contribution in [2.45, 2.75) is 32.0 Å². The molecule has 24 heavy (non-hydrogen) atoms. The van der Waals surface area contributed by atoms with E-state index in [0.717, 1.165) is 18.3 Å². The lowest BCUT2D eigenvalue weighted by Gasteiger charge is -2.28. The van der Waals surface area contributed by atoms with Crippen LogP contribution in [0.2, 0.25) is 0 Å². The molecule has 0 saturated heterocycles. The van der Waals surface area contributed by atoms with Crippen LogP contribution in [0.4, 0.5) is 13.2 Å². The minimum absolute atomic E-state index is 0.0494. The van der Waals surface area contributed by atoms with Gasteiger partial charge in [0.05, 0.1) is 6.42 Å². The number of nitrogens with one attached hydrogen (secondary N) is 1. The van der Waals surface area contributed by atoms with Crippen molar-refractivity contribution >= 4 is 5.91 Å². The van der Waals surface area contributed by atoms with Gasteiger partial charge < -0.3 is 9.47 Å². The number of fused-ring (bicyclic) bond motifs is 1. The maximum Gasteiger partial charge on any atom is 0.434 e. The van der Waals surface area contributed by atoms with E-state index in [9.17, 15) is 18.0 Å². The number of H-pyrrole nitrogens is 1. The molecule has 1 atom stereocenters. The highest BCUT2D eigenvalue weighted by molar-refractivity contribution is 5.78. The molecule has 1 aliphatic heterocycles. The van der Waals surface area contributed by atoms with Crippen LogP contribution in [0.25, 0.3) is 0 Å². The fraction of sp³-hybridized carbons (Fsp3) is 0.533. The quantitative estimate of drug-likeness (QED) is 0.923. The van der Waals surface area contributed by atoms with Crippen molar-refractivity contribution in [2.24, 2.45) is 5.92 Å². The first kappa shape index (κ1) is 16.5. The number of carbonyl (C=O) groups is 1. The molecule has 1 amide bonds. The van der Waals surface area contributed by atoms with Crippen molar-refractivity contribution in [1.29, 1.82) is 0 Å². The van der Waals surface area contributed by atoms with E-state index < -0.39 is 11.9 Å². The summed E-state index contributed by atoms with van der Waals surface area (Å²) in [6.07, 6.45) is -0.329. The molecule has 2 aromatic heterocycles. The molecule has 0 fully saturated rings. The number of carbonyl (C=O) groups excluding carboxylic acids is 1. The van der Waals surface area contributed by atoms with Crippen molar-refractivity contribution in [2.75, 3.05) is 13.6 Å². The van der Waals surface area contributed by atoms with Crippen LogP contribution in [0, 0.1) is 5.92 Å². The van der Waals surface area contributed by atoms with Gasteiger partial charge >= 0.3 is 6.18 Å². The normalized spacial score (nSPS) is 17.6. The average Bonchev–Trinajstić information content (AvgIpc) is 3.15. The van der Waals surface area contributed by atoms with Gasteiger partial charge in [-0.3, -0.25) is 9.89 Å². The second-order valence-electron chi connectivity index (χ2n) is 6.13. The van der Waals surface area contributed by atoms with Gasteiger partial charge in [0.2, 0.25) is 5.91 Å². The Morgan fingerprint density at radius 2 is 2.29 bits per heavy atom. The Balaban J connectivity index is 1.59. The molecule has 2 aromatic rings. The molecular weight excluding hydrogens is 323 g/mol. The first-order valence-corrected chi connectivity index (χ1v) is 7.68. The van der Waals surface area contributed by atoms with Crippen LogP contribution in [0.1, 0.15) is 23.6 Å². The number of nitrogens with zero attached hydrogens (tertiary/aromatic N) is 4. The van der Waals surface area contributed by atoms with Gasteiger partial charge in [-0.05, 0) is 18.4 Å². The topological polar surface area (TPSA) is 66.8 Å². The van der Waals surface area contributed by atoms with E-state index in [1.54, 1.807) is 28.8 Å². The molecule has 0 bridgehead atoms. The number of amides is 1. The van der Waals surface area contributed by atoms with E-state index >= 15 is 0 Å². The van der Waals surface area contributed by atoms with E-state index in [0.29, 0.717) is 25.3 Å². The number of rotatable bonds is 4. The highest BCUT2D eigenvalue weighted by atomic mass is 19.4. The van der Waals surface area contributed by atoms with Crippen LogP contribution >= 0.6 is 0 Å². The predicted octanol–water partition coefficient (Wildman–Crippen LogP) is 1.89. The summed E-state index contributed by atoms with van der Waals surface area (Å²) in [7, 11) is 1.71. The number of alkyl halides is 3. The van der Waals surface area contributed by atoms with Crippen LogP contribution in [0.3, 0.4) is 0 Å². The second kappa shape index (κ2) is 6.29. The van der Waals surface area contributed by atoms with Crippen LogP contribution < -0.4 is 0 Å². The number of halogens is 3. The predicted molar refractivity (Wildman–Crippen MR) is 79.0 cm³/mol. The Labute approximate surface area is 136 Å². The molecule has 6 nitrogen and oxygen atoms in total. The molecule has 0 spiro atoms. The third-order valence-electron chi connectivity index (χ3n) is 4.24. The van der Waals surface area contributed by atoms with Gasteiger partial charge in [0.1, 0.15) is 5.82 Å². The lowest BCUT2D eigenvalue weighted by molar-refractivity contribution is -0.141. The molecule has 1 aliphatic rings. The highest BCUT2D eigenvalue weighted by Crippen LogP contribution is 2.30. The average molecular weight is 341 g/mol. The molecule has 0 aliphatic carbocycles. The molecule has 0 saturated carbocycles. The Hall–Kier alpha value is -2.32. The maximum absolute atomic E-state index is 12.7. The van der Waals surface area contributed by atoms with Crippen LogP contribution in [-0.2, 0) is 30.4 Å².